The molecule has 18 heavy (non-hydrogen) atoms. The molecule has 0 N–H and O–H groups in total. The molecule has 0 saturated carbocycles. The molecule has 0 fully saturated rings. The second-order valence-corrected chi connectivity index (χ2v) is 3.49. The van der Waals surface area contributed by atoms with Crippen molar-refractivity contribution in [3.8, 4) is 5.75 Å². The summed E-state index contributed by atoms with van der Waals surface area (Å²) in [6.45, 7) is 3.84. The molecule has 0 atom stereocenters. The Bertz CT molecular complexity index is 454. The van der Waals surface area contributed by atoms with Crippen LogP contribution in [0.25, 0.3) is 0 Å². The highest BCUT2D eigenvalue weighted by molar-refractivity contribution is 6.08. The zero-order valence-electron chi connectivity index (χ0n) is 11.0. The van der Waals surface area contributed by atoms with E-state index in [9.17, 15) is 4.79 Å². The molecule has 0 amide bonds. The first-order valence-corrected chi connectivity index (χ1v) is 5.57. The molecule has 1 aromatic carbocycles. The number of hydrogen-bond acceptors (Lipinski definition) is 5. The summed E-state index contributed by atoms with van der Waals surface area (Å²) in [6.07, 6.45) is 0. The molecule has 5 heteroatoms. The van der Waals surface area contributed by atoms with Gasteiger partial charge in [0.15, 0.2) is 0 Å². The maximum absolute atomic E-state index is 11.8. The highest BCUT2D eigenvalue weighted by atomic mass is 16.6. The number of benzene rings is 1. The van der Waals surface area contributed by atoms with Gasteiger partial charge < -0.3 is 14.3 Å². The van der Waals surface area contributed by atoms with Gasteiger partial charge in [-0.1, -0.05) is 5.16 Å². The molecular formula is C13H17NO4. The Morgan fingerprint density at radius 2 is 2.00 bits per heavy atom. The lowest BCUT2D eigenvalue weighted by molar-refractivity contribution is 0.0526. The standard InChI is InChI=1S/C13H17NO4/c1-5-18-13(15)11-7-6-10(16-3)8-12(11)9(2)14-17-4/h6-8H,5H2,1-4H3/b14-9+. The zero-order chi connectivity index (χ0) is 13.5. The fraction of sp³-hybridized carbons (Fsp3) is 0.385. The first-order chi connectivity index (χ1) is 8.63. The summed E-state index contributed by atoms with van der Waals surface area (Å²) in [4.78, 5) is 16.5. The minimum Gasteiger partial charge on any atom is -0.497 e. The molecule has 0 aromatic heterocycles. The van der Waals surface area contributed by atoms with E-state index in [-0.39, 0.29) is 5.97 Å². The Balaban J connectivity index is 3.24. The molecule has 0 unspecified atom stereocenters. The van der Waals surface area contributed by atoms with Crippen molar-refractivity contribution >= 4 is 11.7 Å². The molecule has 0 saturated heterocycles. The first-order valence-electron chi connectivity index (χ1n) is 5.57. The zero-order valence-corrected chi connectivity index (χ0v) is 11.0. The number of hydrogen-bond donors (Lipinski definition) is 0. The van der Waals surface area contributed by atoms with Gasteiger partial charge >= 0.3 is 5.97 Å². The third-order valence-electron chi connectivity index (χ3n) is 2.34. The van der Waals surface area contributed by atoms with Crippen LogP contribution >= 0.6 is 0 Å². The van der Waals surface area contributed by atoms with Gasteiger partial charge in [0, 0.05) is 5.56 Å². The van der Waals surface area contributed by atoms with Gasteiger partial charge in [-0.05, 0) is 32.0 Å². The van der Waals surface area contributed by atoms with Crippen molar-refractivity contribution in [2.24, 2.45) is 5.16 Å². The number of carbonyl (C=O) groups is 1. The quantitative estimate of drug-likeness (QED) is 0.457. The average molecular weight is 251 g/mol. The van der Waals surface area contributed by atoms with Crippen LogP contribution in [0.15, 0.2) is 23.4 Å². The third kappa shape index (κ3) is 3.23. The number of ether oxygens (including phenoxy) is 2. The van der Waals surface area contributed by atoms with Crippen LogP contribution in [0.1, 0.15) is 29.8 Å². The summed E-state index contributed by atoms with van der Waals surface area (Å²) in [5.74, 6) is 0.254. The van der Waals surface area contributed by atoms with Crippen molar-refractivity contribution in [1.29, 1.82) is 0 Å². The summed E-state index contributed by atoms with van der Waals surface area (Å²) in [5.41, 5.74) is 1.66. The molecule has 1 aromatic rings. The lowest BCUT2D eigenvalue weighted by Crippen LogP contribution is -2.11. The monoisotopic (exact) mass is 251 g/mol. The maximum atomic E-state index is 11.8. The number of oxime groups is 1. The average Bonchev–Trinajstić information content (AvgIpc) is 2.38. The highest BCUT2D eigenvalue weighted by Crippen LogP contribution is 2.19. The smallest absolute Gasteiger partial charge is 0.338 e. The molecular weight excluding hydrogens is 234 g/mol. The van der Waals surface area contributed by atoms with Crippen molar-refractivity contribution < 1.29 is 19.1 Å². The first kappa shape index (κ1) is 14.0. The molecule has 0 spiro atoms. The van der Waals surface area contributed by atoms with Crippen LogP contribution in [0.3, 0.4) is 0 Å². The van der Waals surface area contributed by atoms with E-state index >= 15 is 0 Å². The van der Waals surface area contributed by atoms with Gasteiger partial charge in [0.1, 0.15) is 12.9 Å². The number of methoxy groups -OCH3 is 1. The van der Waals surface area contributed by atoms with Crippen LogP contribution in [0, 0.1) is 0 Å². The summed E-state index contributed by atoms with van der Waals surface area (Å²) >= 11 is 0. The van der Waals surface area contributed by atoms with Gasteiger partial charge in [-0.2, -0.15) is 0 Å². The Morgan fingerprint density at radius 3 is 2.56 bits per heavy atom. The Kier molecular flexibility index (Phi) is 5.17. The van der Waals surface area contributed by atoms with Crippen molar-refractivity contribution in [3.05, 3.63) is 29.3 Å². The van der Waals surface area contributed by atoms with Gasteiger partial charge in [-0.25, -0.2) is 4.79 Å². The predicted octanol–water partition coefficient (Wildman–Crippen LogP) is 2.24. The number of esters is 1. The Hall–Kier alpha value is -2.04. The molecule has 0 aliphatic rings. The van der Waals surface area contributed by atoms with E-state index in [4.69, 9.17) is 14.3 Å². The van der Waals surface area contributed by atoms with Gasteiger partial charge in [0.05, 0.1) is 25.0 Å². The van der Waals surface area contributed by atoms with E-state index in [1.807, 2.05) is 0 Å². The lowest BCUT2D eigenvalue weighted by atomic mass is 10.0. The van der Waals surface area contributed by atoms with E-state index in [1.165, 1.54) is 7.11 Å². The number of rotatable bonds is 5. The van der Waals surface area contributed by atoms with E-state index in [2.05, 4.69) is 5.16 Å². The van der Waals surface area contributed by atoms with Gasteiger partial charge in [0.2, 0.25) is 0 Å². The minimum absolute atomic E-state index is 0.324. The highest BCUT2D eigenvalue weighted by Gasteiger charge is 2.15. The van der Waals surface area contributed by atoms with Crippen molar-refractivity contribution in [2.45, 2.75) is 13.8 Å². The molecule has 0 bridgehead atoms. The van der Waals surface area contributed by atoms with Gasteiger partial charge in [0.25, 0.3) is 0 Å². The maximum Gasteiger partial charge on any atom is 0.338 e. The number of nitrogens with zero attached hydrogens (tertiary/aromatic N) is 1. The minimum atomic E-state index is -0.388. The molecule has 5 nitrogen and oxygen atoms in total. The van der Waals surface area contributed by atoms with Crippen LogP contribution in [-0.2, 0) is 9.57 Å². The Morgan fingerprint density at radius 1 is 1.28 bits per heavy atom. The summed E-state index contributed by atoms with van der Waals surface area (Å²) < 4.78 is 10.1. The van der Waals surface area contributed by atoms with E-state index < -0.39 is 0 Å². The third-order valence-corrected chi connectivity index (χ3v) is 2.34. The van der Waals surface area contributed by atoms with Crippen molar-refractivity contribution in [1.82, 2.24) is 0 Å². The van der Waals surface area contributed by atoms with Crippen LogP contribution in [0.5, 0.6) is 5.75 Å². The second kappa shape index (κ2) is 6.64. The summed E-state index contributed by atoms with van der Waals surface area (Å²) in [5, 5.41) is 3.83. The van der Waals surface area contributed by atoms with E-state index in [1.54, 1.807) is 39.2 Å². The molecule has 0 heterocycles. The fourth-order valence-electron chi connectivity index (χ4n) is 1.52. The van der Waals surface area contributed by atoms with Crippen molar-refractivity contribution in [3.63, 3.8) is 0 Å². The number of carbonyl (C=O) groups excluding carboxylic acids is 1. The molecule has 0 aliphatic carbocycles. The van der Waals surface area contributed by atoms with Crippen LogP contribution < -0.4 is 4.74 Å². The normalized spacial score (nSPS) is 11.0. The second-order valence-electron chi connectivity index (χ2n) is 3.49. The largest absolute Gasteiger partial charge is 0.497 e. The molecule has 98 valence electrons. The summed E-state index contributed by atoms with van der Waals surface area (Å²) in [7, 11) is 3.01. The van der Waals surface area contributed by atoms with Crippen LogP contribution in [0.2, 0.25) is 0 Å². The van der Waals surface area contributed by atoms with Crippen molar-refractivity contribution in [2.75, 3.05) is 20.8 Å². The van der Waals surface area contributed by atoms with Gasteiger partial charge in [-0.15, -0.1) is 0 Å². The summed E-state index contributed by atoms with van der Waals surface area (Å²) in [6, 6.07) is 5.08. The molecule has 0 aliphatic heterocycles. The SMILES string of the molecule is CCOC(=O)c1ccc(OC)cc1/C(C)=N/OC. The fourth-order valence-corrected chi connectivity index (χ4v) is 1.52. The van der Waals surface area contributed by atoms with E-state index in [0.717, 1.165) is 0 Å². The molecule has 0 radical (unpaired) electrons. The molecule has 1 rings (SSSR count). The topological polar surface area (TPSA) is 57.1 Å². The van der Waals surface area contributed by atoms with Crippen LogP contribution in [-0.4, -0.2) is 32.5 Å². The predicted molar refractivity (Wildman–Crippen MR) is 68.2 cm³/mol. The van der Waals surface area contributed by atoms with E-state index in [0.29, 0.717) is 29.2 Å². The lowest BCUT2D eigenvalue weighted by Gasteiger charge is -2.10. The van der Waals surface area contributed by atoms with Gasteiger partial charge in [-0.3, -0.25) is 0 Å². The Labute approximate surface area is 106 Å². The van der Waals surface area contributed by atoms with Crippen LogP contribution in [0.4, 0.5) is 0 Å².